The number of sulfonamides is 1. The maximum absolute atomic E-state index is 13.2. The number of nitrogens with two attached hydrogens (primary N) is 1. The number of fused-ring (bicyclic) bond motifs is 1. The van der Waals surface area contributed by atoms with Gasteiger partial charge in [0.05, 0.1) is 23.1 Å². The largest absolute Gasteiger partial charge is 0.507 e. The number of anilines is 1. The number of Topliss-reactive ketones (excluding diaryl/α,β-unsaturated/α-hetero) is 1. The second kappa shape index (κ2) is 8.08. The lowest BCUT2D eigenvalue weighted by molar-refractivity contribution is -0.132. The van der Waals surface area contributed by atoms with Crippen LogP contribution < -0.4 is 14.8 Å². The minimum atomic E-state index is -3.94. The van der Waals surface area contributed by atoms with Gasteiger partial charge in [0.25, 0.3) is 11.7 Å². The molecule has 2 aliphatic rings. The van der Waals surface area contributed by atoms with Gasteiger partial charge in [-0.2, -0.15) is 0 Å². The first kappa shape index (κ1) is 21.8. The summed E-state index contributed by atoms with van der Waals surface area (Å²) in [5.74, 6) is -1.29. The Morgan fingerprint density at radius 1 is 1.06 bits per heavy atom. The Labute approximate surface area is 195 Å². The lowest BCUT2D eigenvalue weighted by atomic mass is 9.95. The molecule has 0 saturated carbocycles. The Morgan fingerprint density at radius 3 is 2.44 bits per heavy atom. The normalized spacial score (nSPS) is 19.2. The van der Waals surface area contributed by atoms with Crippen LogP contribution in [0.3, 0.4) is 0 Å². The first-order chi connectivity index (χ1) is 16.3. The Morgan fingerprint density at radius 2 is 1.76 bits per heavy atom. The van der Waals surface area contributed by atoms with Gasteiger partial charge in [0.15, 0.2) is 0 Å². The molecule has 1 aromatic heterocycles. The maximum atomic E-state index is 13.2. The zero-order valence-corrected chi connectivity index (χ0v) is 18.5. The van der Waals surface area contributed by atoms with Gasteiger partial charge in [-0.15, -0.1) is 0 Å². The number of primary sulfonamides is 1. The fourth-order valence-corrected chi connectivity index (χ4v) is 4.76. The second-order valence-electron chi connectivity index (χ2n) is 7.91. The number of ether oxygens (including phenoxy) is 1. The number of hydrogen-bond donors (Lipinski definition) is 2. The summed E-state index contributed by atoms with van der Waals surface area (Å²) >= 11 is 0. The summed E-state index contributed by atoms with van der Waals surface area (Å²) in [5.41, 5.74) is 2.04. The molecule has 1 atom stereocenters. The van der Waals surface area contributed by atoms with Crippen molar-refractivity contribution in [1.29, 1.82) is 0 Å². The van der Waals surface area contributed by atoms with Gasteiger partial charge in [-0.1, -0.05) is 0 Å². The summed E-state index contributed by atoms with van der Waals surface area (Å²) in [6, 6.07) is 12.7. The second-order valence-corrected chi connectivity index (χ2v) is 9.47. The number of hydrogen-bond acceptors (Lipinski definition) is 7. The van der Waals surface area contributed by atoms with Crippen LogP contribution in [0.5, 0.6) is 5.75 Å². The van der Waals surface area contributed by atoms with Crippen LogP contribution >= 0.6 is 0 Å². The number of benzene rings is 2. The molecule has 5 rings (SSSR count). The number of amides is 1. The summed E-state index contributed by atoms with van der Waals surface area (Å²) in [5, 5.41) is 16.4. The highest BCUT2D eigenvalue weighted by Crippen LogP contribution is 2.42. The fraction of sp³-hybridized carbons (Fsp3) is 0.125. The lowest BCUT2D eigenvalue weighted by Gasteiger charge is -2.25. The topological polar surface area (TPSA) is 140 Å². The highest BCUT2D eigenvalue weighted by molar-refractivity contribution is 7.89. The van der Waals surface area contributed by atoms with Crippen molar-refractivity contribution in [2.75, 3.05) is 11.5 Å². The highest BCUT2D eigenvalue weighted by Gasteiger charge is 2.47. The van der Waals surface area contributed by atoms with Gasteiger partial charge in [0, 0.05) is 30.1 Å². The number of aliphatic hydroxyl groups is 1. The van der Waals surface area contributed by atoms with E-state index in [0.29, 0.717) is 24.2 Å². The van der Waals surface area contributed by atoms with Crippen molar-refractivity contribution in [1.82, 2.24) is 4.98 Å². The van der Waals surface area contributed by atoms with Crippen LogP contribution in [0.25, 0.3) is 5.76 Å². The molecule has 3 N–H and O–H groups in total. The van der Waals surface area contributed by atoms with E-state index in [9.17, 15) is 23.1 Å². The number of pyridine rings is 1. The molecule has 0 radical (unpaired) electrons. The van der Waals surface area contributed by atoms with Gasteiger partial charge < -0.3 is 9.84 Å². The molecule has 34 heavy (non-hydrogen) atoms. The fourth-order valence-electron chi connectivity index (χ4n) is 4.25. The zero-order chi connectivity index (χ0) is 24.0. The predicted octanol–water partition coefficient (Wildman–Crippen LogP) is 2.29. The van der Waals surface area contributed by atoms with E-state index in [2.05, 4.69) is 4.98 Å². The van der Waals surface area contributed by atoms with Crippen molar-refractivity contribution in [2.45, 2.75) is 17.4 Å². The molecule has 2 aliphatic heterocycles. The quantitative estimate of drug-likeness (QED) is 0.334. The van der Waals surface area contributed by atoms with Crippen LogP contribution in [0.15, 0.2) is 77.5 Å². The maximum Gasteiger partial charge on any atom is 0.300 e. The first-order valence-corrected chi connectivity index (χ1v) is 11.9. The van der Waals surface area contributed by atoms with E-state index in [-0.39, 0.29) is 21.9 Å². The molecule has 172 valence electrons. The summed E-state index contributed by atoms with van der Waals surface area (Å²) < 4.78 is 28.8. The van der Waals surface area contributed by atoms with E-state index in [1.807, 2.05) is 0 Å². The van der Waals surface area contributed by atoms with Crippen LogP contribution in [0.4, 0.5) is 5.69 Å². The monoisotopic (exact) mass is 477 g/mol. The number of aromatic nitrogens is 1. The van der Waals surface area contributed by atoms with Gasteiger partial charge in [-0.05, 0) is 65.7 Å². The third kappa shape index (κ3) is 3.62. The van der Waals surface area contributed by atoms with Crippen molar-refractivity contribution in [3.05, 3.63) is 89.3 Å². The molecule has 1 saturated heterocycles. The molecule has 9 nitrogen and oxygen atoms in total. The molecule has 2 aromatic carbocycles. The smallest absolute Gasteiger partial charge is 0.300 e. The van der Waals surface area contributed by atoms with Crippen molar-refractivity contribution in [3.63, 3.8) is 0 Å². The van der Waals surface area contributed by atoms with Crippen LogP contribution in [-0.2, 0) is 26.0 Å². The van der Waals surface area contributed by atoms with Gasteiger partial charge in [-0.3, -0.25) is 19.5 Å². The third-order valence-corrected chi connectivity index (χ3v) is 6.80. The number of rotatable bonds is 4. The van der Waals surface area contributed by atoms with Crippen LogP contribution in [0.1, 0.15) is 22.7 Å². The molecule has 1 unspecified atom stereocenters. The Bertz CT molecular complexity index is 1450. The molecule has 1 fully saturated rings. The highest BCUT2D eigenvalue weighted by atomic mass is 32.2. The van der Waals surface area contributed by atoms with E-state index in [4.69, 9.17) is 9.88 Å². The van der Waals surface area contributed by atoms with Crippen molar-refractivity contribution >= 4 is 33.2 Å². The SMILES string of the molecule is NS(=O)(=O)c1ccc(N2C(=O)C(=O)/C(=C(\O)c3ccc4c(c3)CCO4)C2c2ccncc2)cc1. The van der Waals surface area contributed by atoms with E-state index >= 15 is 0 Å². The summed E-state index contributed by atoms with van der Waals surface area (Å²) in [7, 11) is -3.94. The molecule has 0 bridgehead atoms. The molecular weight excluding hydrogens is 458 g/mol. The molecule has 3 heterocycles. The van der Waals surface area contributed by atoms with E-state index in [0.717, 1.165) is 11.3 Å². The minimum absolute atomic E-state index is 0.0782. The summed E-state index contributed by atoms with van der Waals surface area (Å²) in [6.07, 6.45) is 3.72. The Balaban J connectivity index is 1.67. The molecular formula is C24H19N3O6S. The van der Waals surface area contributed by atoms with E-state index in [1.54, 1.807) is 30.3 Å². The van der Waals surface area contributed by atoms with Crippen molar-refractivity contribution < 1.29 is 27.9 Å². The van der Waals surface area contributed by atoms with Crippen molar-refractivity contribution in [3.8, 4) is 5.75 Å². The number of ketones is 1. The van der Waals surface area contributed by atoms with Gasteiger partial charge in [0.2, 0.25) is 10.0 Å². The van der Waals surface area contributed by atoms with Gasteiger partial charge in [-0.25, -0.2) is 13.6 Å². The molecule has 10 heteroatoms. The predicted molar refractivity (Wildman–Crippen MR) is 122 cm³/mol. The number of nitrogens with zero attached hydrogens (tertiary/aromatic N) is 2. The van der Waals surface area contributed by atoms with Crippen LogP contribution in [0.2, 0.25) is 0 Å². The van der Waals surface area contributed by atoms with E-state index in [1.165, 1.54) is 41.6 Å². The third-order valence-electron chi connectivity index (χ3n) is 5.87. The Kier molecular flexibility index (Phi) is 5.18. The molecule has 1 amide bonds. The standard InChI is InChI=1S/C24H19N3O6S/c25-34(31,32)18-4-2-17(3-5-18)27-21(14-7-10-26-11-8-14)20(23(29)24(27)30)22(28)16-1-6-19-15(13-16)9-12-33-19/h1-8,10-11,13,21,28H,9,12H2,(H2,25,31,32)/b22-20-. The molecule has 0 spiro atoms. The average Bonchev–Trinajstić information content (AvgIpc) is 3.41. The molecule has 0 aliphatic carbocycles. The van der Waals surface area contributed by atoms with Gasteiger partial charge in [0.1, 0.15) is 11.5 Å². The lowest BCUT2D eigenvalue weighted by Crippen LogP contribution is -2.29. The van der Waals surface area contributed by atoms with Crippen LogP contribution in [0, 0.1) is 0 Å². The zero-order valence-electron chi connectivity index (χ0n) is 17.7. The number of carbonyl (C=O) groups is 2. The van der Waals surface area contributed by atoms with E-state index < -0.39 is 27.8 Å². The Hall–Kier alpha value is -4.02. The van der Waals surface area contributed by atoms with Crippen molar-refractivity contribution in [2.24, 2.45) is 5.14 Å². The summed E-state index contributed by atoms with van der Waals surface area (Å²) in [4.78, 5) is 31.4. The number of aliphatic hydroxyl groups excluding tert-OH is 1. The average molecular weight is 477 g/mol. The number of carbonyl (C=O) groups excluding carboxylic acids is 2. The minimum Gasteiger partial charge on any atom is -0.507 e. The van der Waals surface area contributed by atoms with Gasteiger partial charge >= 0.3 is 0 Å². The first-order valence-electron chi connectivity index (χ1n) is 10.4. The van der Waals surface area contributed by atoms with Crippen LogP contribution in [-0.4, -0.2) is 36.8 Å². The summed E-state index contributed by atoms with van der Waals surface area (Å²) in [6.45, 7) is 0.537. The molecule has 3 aromatic rings.